The Hall–Kier alpha value is -1.35. The summed E-state index contributed by atoms with van der Waals surface area (Å²) < 4.78 is 37.2. The minimum atomic E-state index is -3.72. The van der Waals surface area contributed by atoms with Crippen molar-refractivity contribution in [3.05, 3.63) is 23.8 Å². The summed E-state index contributed by atoms with van der Waals surface area (Å²) in [6.45, 7) is 2.74. The largest absolute Gasteiger partial charge is 0.495 e. The number of esters is 1. The number of nitrogens with zero attached hydrogens (tertiary/aromatic N) is 1. The number of ether oxygens (including phenoxy) is 2. The Bertz CT molecular complexity index is 708. The summed E-state index contributed by atoms with van der Waals surface area (Å²) in [4.78, 5) is 11.7. The third kappa shape index (κ3) is 4.63. The average Bonchev–Trinajstić information content (AvgIpc) is 2.60. The smallest absolute Gasteiger partial charge is 0.337 e. The molecule has 0 aromatic heterocycles. The lowest BCUT2D eigenvalue weighted by atomic mass is 9.93. The number of hydrogen-bond donors (Lipinski definition) is 1. The van der Waals surface area contributed by atoms with Gasteiger partial charge in [-0.3, -0.25) is 0 Å². The summed E-state index contributed by atoms with van der Waals surface area (Å²) in [6, 6.07) is 4.13. The van der Waals surface area contributed by atoms with Gasteiger partial charge in [0.1, 0.15) is 10.6 Å². The van der Waals surface area contributed by atoms with Crippen molar-refractivity contribution in [2.24, 2.45) is 11.7 Å². The molecule has 1 heterocycles. The summed E-state index contributed by atoms with van der Waals surface area (Å²) in [6.07, 6.45) is 1.69. The second kappa shape index (κ2) is 8.84. The van der Waals surface area contributed by atoms with Crippen LogP contribution in [0.3, 0.4) is 0 Å². The molecule has 1 aromatic carbocycles. The Kier molecular flexibility index (Phi) is 7.67. The van der Waals surface area contributed by atoms with E-state index >= 15 is 0 Å². The first-order valence-electron chi connectivity index (χ1n) is 7.83. The molecule has 2 N–H and O–H groups in total. The first-order chi connectivity index (χ1) is 11.3. The van der Waals surface area contributed by atoms with Crippen molar-refractivity contribution in [3.8, 4) is 5.75 Å². The lowest BCUT2D eigenvalue weighted by molar-refractivity contribution is 0.0600. The SMILES string of the molecule is COC(=O)c1ccc(S(=O)(=O)N2CCCC(C(C)N)C2)c(OC)c1.Cl. The Morgan fingerprint density at radius 1 is 1.36 bits per heavy atom. The zero-order valence-electron chi connectivity index (χ0n) is 14.6. The molecule has 1 aromatic rings. The number of rotatable bonds is 5. The Balaban J connectivity index is 0.00000312. The molecule has 25 heavy (non-hydrogen) atoms. The fourth-order valence-electron chi connectivity index (χ4n) is 2.89. The molecule has 1 aliphatic rings. The highest BCUT2D eigenvalue weighted by atomic mass is 35.5. The Morgan fingerprint density at radius 3 is 2.60 bits per heavy atom. The zero-order valence-corrected chi connectivity index (χ0v) is 16.2. The first-order valence-corrected chi connectivity index (χ1v) is 9.27. The maximum absolute atomic E-state index is 13.0. The van der Waals surface area contributed by atoms with Crippen LogP contribution in [0.15, 0.2) is 23.1 Å². The normalized spacial score (nSPS) is 19.6. The summed E-state index contributed by atoms with van der Waals surface area (Å²) >= 11 is 0. The number of carbonyl (C=O) groups is 1. The third-order valence-electron chi connectivity index (χ3n) is 4.37. The van der Waals surface area contributed by atoms with E-state index < -0.39 is 16.0 Å². The van der Waals surface area contributed by atoms with Crippen molar-refractivity contribution >= 4 is 28.4 Å². The van der Waals surface area contributed by atoms with Crippen molar-refractivity contribution in [2.75, 3.05) is 27.3 Å². The van der Waals surface area contributed by atoms with Crippen LogP contribution in [-0.4, -0.2) is 52.0 Å². The van der Waals surface area contributed by atoms with E-state index in [1.54, 1.807) is 0 Å². The van der Waals surface area contributed by atoms with Gasteiger partial charge in [0.15, 0.2) is 0 Å². The highest BCUT2D eigenvalue weighted by Crippen LogP contribution is 2.31. The molecular formula is C16H25ClN2O5S. The maximum atomic E-state index is 13.0. The first kappa shape index (κ1) is 21.7. The number of nitrogens with two attached hydrogens (primary N) is 1. The van der Waals surface area contributed by atoms with Gasteiger partial charge in [-0.25, -0.2) is 13.2 Å². The van der Waals surface area contributed by atoms with E-state index in [0.717, 1.165) is 12.8 Å². The van der Waals surface area contributed by atoms with Crippen LogP contribution in [0, 0.1) is 5.92 Å². The maximum Gasteiger partial charge on any atom is 0.337 e. The molecule has 9 heteroatoms. The second-order valence-electron chi connectivity index (χ2n) is 5.98. The topological polar surface area (TPSA) is 98.9 Å². The van der Waals surface area contributed by atoms with Crippen LogP contribution in [0.1, 0.15) is 30.1 Å². The number of piperidine rings is 1. The Labute approximate surface area is 154 Å². The molecule has 1 saturated heterocycles. The highest BCUT2D eigenvalue weighted by Gasteiger charge is 2.33. The van der Waals surface area contributed by atoms with Gasteiger partial charge in [-0.15, -0.1) is 12.4 Å². The van der Waals surface area contributed by atoms with Crippen LogP contribution in [0.4, 0.5) is 0 Å². The number of halogens is 1. The lowest BCUT2D eigenvalue weighted by Gasteiger charge is -2.34. The van der Waals surface area contributed by atoms with E-state index in [9.17, 15) is 13.2 Å². The number of sulfonamides is 1. The molecular weight excluding hydrogens is 368 g/mol. The molecule has 7 nitrogen and oxygen atoms in total. The van der Waals surface area contributed by atoms with E-state index in [2.05, 4.69) is 4.74 Å². The van der Waals surface area contributed by atoms with Gasteiger partial charge in [0.2, 0.25) is 10.0 Å². The van der Waals surface area contributed by atoms with Crippen LogP contribution in [0.2, 0.25) is 0 Å². The minimum absolute atomic E-state index is 0. The van der Waals surface area contributed by atoms with Gasteiger partial charge in [0.25, 0.3) is 0 Å². The molecule has 0 saturated carbocycles. The van der Waals surface area contributed by atoms with E-state index in [0.29, 0.717) is 13.1 Å². The molecule has 0 bridgehead atoms. The third-order valence-corrected chi connectivity index (χ3v) is 6.27. The molecule has 0 amide bonds. The molecule has 0 spiro atoms. The summed E-state index contributed by atoms with van der Waals surface area (Å²) in [7, 11) is -1.08. The highest BCUT2D eigenvalue weighted by molar-refractivity contribution is 7.89. The lowest BCUT2D eigenvalue weighted by Crippen LogP contribution is -2.45. The number of benzene rings is 1. The predicted octanol–water partition coefficient (Wildman–Crippen LogP) is 1.65. The van der Waals surface area contributed by atoms with Gasteiger partial charge in [0, 0.05) is 19.1 Å². The molecule has 1 aliphatic heterocycles. The molecule has 142 valence electrons. The molecule has 0 aliphatic carbocycles. The van der Waals surface area contributed by atoms with Crippen molar-refractivity contribution in [3.63, 3.8) is 0 Å². The van der Waals surface area contributed by atoms with Crippen molar-refractivity contribution in [2.45, 2.75) is 30.7 Å². The van der Waals surface area contributed by atoms with Crippen LogP contribution in [0.5, 0.6) is 5.75 Å². The molecule has 0 radical (unpaired) electrons. The summed E-state index contributed by atoms with van der Waals surface area (Å²) in [5.41, 5.74) is 6.17. The molecule has 2 rings (SSSR count). The minimum Gasteiger partial charge on any atom is -0.495 e. The average molecular weight is 393 g/mol. The van der Waals surface area contributed by atoms with E-state index in [-0.39, 0.29) is 40.6 Å². The number of hydrogen-bond acceptors (Lipinski definition) is 6. The van der Waals surface area contributed by atoms with Gasteiger partial charge in [-0.2, -0.15) is 4.31 Å². The van der Waals surface area contributed by atoms with Gasteiger partial charge >= 0.3 is 5.97 Å². The number of methoxy groups -OCH3 is 2. The number of carbonyl (C=O) groups excluding carboxylic acids is 1. The van der Waals surface area contributed by atoms with Crippen molar-refractivity contribution in [1.29, 1.82) is 0 Å². The fraction of sp³-hybridized carbons (Fsp3) is 0.562. The van der Waals surface area contributed by atoms with Gasteiger partial charge < -0.3 is 15.2 Å². The van der Waals surface area contributed by atoms with Crippen LogP contribution in [0.25, 0.3) is 0 Å². The standard InChI is InChI=1S/C16H24N2O5S.ClH/c1-11(17)13-5-4-8-18(10-13)24(20,21)15-7-6-12(16(19)23-3)9-14(15)22-2;/h6-7,9,11,13H,4-5,8,10,17H2,1-3H3;1H. The van der Waals surface area contributed by atoms with Crippen LogP contribution < -0.4 is 10.5 Å². The van der Waals surface area contributed by atoms with Gasteiger partial charge in [-0.1, -0.05) is 0 Å². The summed E-state index contributed by atoms with van der Waals surface area (Å²) in [5, 5.41) is 0. The Morgan fingerprint density at radius 2 is 2.04 bits per heavy atom. The quantitative estimate of drug-likeness (QED) is 0.765. The van der Waals surface area contributed by atoms with Crippen LogP contribution >= 0.6 is 12.4 Å². The molecule has 2 atom stereocenters. The van der Waals surface area contributed by atoms with E-state index in [4.69, 9.17) is 10.5 Å². The van der Waals surface area contributed by atoms with Crippen LogP contribution in [-0.2, 0) is 14.8 Å². The van der Waals surface area contributed by atoms with E-state index in [1.165, 1.54) is 36.7 Å². The fourth-order valence-corrected chi connectivity index (χ4v) is 4.56. The van der Waals surface area contributed by atoms with Crippen molar-refractivity contribution < 1.29 is 22.7 Å². The zero-order chi connectivity index (χ0) is 17.9. The monoisotopic (exact) mass is 392 g/mol. The van der Waals surface area contributed by atoms with Gasteiger partial charge in [0.05, 0.1) is 19.8 Å². The van der Waals surface area contributed by atoms with Crippen molar-refractivity contribution in [1.82, 2.24) is 4.31 Å². The predicted molar refractivity (Wildman–Crippen MR) is 96.7 cm³/mol. The van der Waals surface area contributed by atoms with Gasteiger partial charge in [-0.05, 0) is 43.9 Å². The second-order valence-corrected chi connectivity index (χ2v) is 7.89. The molecule has 1 fully saturated rings. The molecule has 2 unspecified atom stereocenters. The summed E-state index contributed by atoms with van der Waals surface area (Å²) in [5.74, 6) is -0.290. The van der Waals surface area contributed by atoms with E-state index in [1.807, 2.05) is 6.92 Å².